The topological polar surface area (TPSA) is 97.7 Å². The van der Waals surface area contributed by atoms with Gasteiger partial charge in [-0.1, -0.05) is 39.8 Å². The maximum atomic E-state index is 13.6. The minimum absolute atomic E-state index is 0.0186. The van der Waals surface area contributed by atoms with Gasteiger partial charge < -0.3 is 4.18 Å². The molecule has 0 radical (unpaired) electrons. The van der Waals surface area contributed by atoms with Gasteiger partial charge in [0.05, 0.1) is 0 Å². The van der Waals surface area contributed by atoms with Crippen molar-refractivity contribution in [2.75, 3.05) is 0 Å². The van der Waals surface area contributed by atoms with Gasteiger partial charge >= 0.3 is 36.7 Å². The molecule has 0 fully saturated rings. The molecule has 0 aromatic heterocycles. The van der Waals surface area contributed by atoms with Crippen LogP contribution < -0.4 is 4.18 Å². The fraction of sp³-hybridized carbons (Fsp3) is 0.600. The Morgan fingerprint density at radius 2 is 1.34 bits per heavy atom. The lowest BCUT2D eigenvalue weighted by Crippen LogP contribution is -2.61. The summed E-state index contributed by atoms with van der Waals surface area (Å²) in [6.07, 6.45) is 0.660. The second kappa shape index (κ2) is 9.08. The zero-order valence-electron chi connectivity index (χ0n) is 15.7. The molecule has 0 aliphatic heterocycles. The molecule has 1 aromatic carbocycles. The summed E-state index contributed by atoms with van der Waals surface area (Å²) >= 11 is 0. The summed E-state index contributed by atoms with van der Waals surface area (Å²) < 4.78 is 136. The van der Waals surface area contributed by atoms with E-state index in [9.17, 15) is 43.2 Å². The van der Waals surface area contributed by atoms with Gasteiger partial charge in [0.2, 0.25) is 0 Å². The van der Waals surface area contributed by atoms with Crippen molar-refractivity contribution in [3.63, 3.8) is 0 Å². The van der Waals surface area contributed by atoms with Crippen LogP contribution in [0.5, 0.6) is 5.75 Å². The summed E-state index contributed by atoms with van der Waals surface area (Å²) in [6, 6.07) is 4.13. The molecule has 1 atom stereocenters. The highest BCUT2D eigenvalue weighted by atomic mass is 32.2. The van der Waals surface area contributed by atoms with E-state index in [1.54, 1.807) is 6.92 Å². The molecule has 0 saturated heterocycles. The van der Waals surface area contributed by atoms with Crippen LogP contribution in [0.2, 0.25) is 0 Å². The molecule has 0 amide bonds. The van der Waals surface area contributed by atoms with Gasteiger partial charge in [0.1, 0.15) is 5.75 Å². The van der Waals surface area contributed by atoms with Gasteiger partial charge in [-0.2, -0.15) is 43.2 Å². The monoisotopic (exact) mass is 474 g/mol. The van der Waals surface area contributed by atoms with E-state index < -0.39 is 42.4 Å². The van der Waals surface area contributed by atoms with E-state index in [-0.39, 0.29) is 5.92 Å². The third kappa shape index (κ3) is 5.15. The van der Waals surface area contributed by atoms with Crippen LogP contribution in [0.1, 0.15) is 45.6 Å². The van der Waals surface area contributed by atoms with Crippen molar-refractivity contribution in [3.05, 3.63) is 29.8 Å². The first-order chi connectivity index (χ1) is 12.9. The maximum absolute atomic E-state index is 13.6. The van der Waals surface area contributed by atoms with E-state index in [1.165, 1.54) is 12.1 Å². The van der Waals surface area contributed by atoms with Crippen molar-refractivity contribution in [2.45, 2.75) is 56.5 Å². The van der Waals surface area contributed by atoms with Gasteiger partial charge in [-0.15, -0.1) is 0 Å². The van der Waals surface area contributed by atoms with Crippen molar-refractivity contribution in [1.29, 1.82) is 0 Å². The number of benzene rings is 1. The molecule has 170 valence electrons. The van der Waals surface area contributed by atoms with Crippen molar-refractivity contribution in [1.82, 2.24) is 0 Å². The van der Waals surface area contributed by atoms with E-state index in [0.29, 0.717) is 12.0 Å². The number of rotatable bonds is 8. The van der Waals surface area contributed by atoms with E-state index in [2.05, 4.69) is 4.18 Å². The van der Waals surface area contributed by atoms with Crippen LogP contribution in [-0.2, 0) is 20.2 Å². The lowest BCUT2D eigenvalue weighted by molar-refractivity contribution is -0.247. The molecule has 0 bridgehead atoms. The fourth-order valence-corrected chi connectivity index (χ4v) is 3.18. The lowest BCUT2D eigenvalue weighted by atomic mass is 9.99. The molecule has 0 heterocycles. The van der Waals surface area contributed by atoms with Crippen LogP contribution in [0, 0.1) is 0 Å². The Morgan fingerprint density at radius 1 is 0.931 bits per heavy atom. The molecule has 6 nitrogen and oxygen atoms in total. The average molecular weight is 474 g/mol. The second-order valence-corrected chi connectivity index (χ2v) is 8.55. The van der Waals surface area contributed by atoms with Crippen LogP contribution in [0.4, 0.5) is 26.3 Å². The van der Waals surface area contributed by atoms with Crippen LogP contribution in [-0.4, -0.2) is 37.8 Å². The van der Waals surface area contributed by atoms with E-state index in [1.807, 2.05) is 20.8 Å². The first-order valence-electron chi connectivity index (χ1n) is 8.06. The summed E-state index contributed by atoms with van der Waals surface area (Å²) in [6.45, 7) is 7.59. The maximum Gasteiger partial charge on any atom is 0.450 e. The van der Waals surface area contributed by atoms with Gasteiger partial charge in [-0.25, -0.2) is 0 Å². The number of halogens is 6. The predicted molar refractivity (Wildman–Crippen MR) is 92.4 cm³/mol. The van der Waals surface area contributed by atoms with Crippen LogP contribution >= 0.6 is 0 Å². The molecule has 1 N–H and O–H groups in total. The second-order valence-electron chi connectivity index (χ2n) is 5.50. The third-order valence-corrected chi connectivity index (χ3v) is 5.84. The van der Waals surface area contributed by atoms with Gasteiger partial charge in [0, 0.05) is 0 Å². The minimum atomic E-state index is -7.08. The van der Waals surface area contributed by atoms with Gasteiger partial charge in [-0.05, 0) is 30.0 Å². The lowest BCUT2D eigenvalue weighted by Gasteiger charge is -2.29. The fourth-order valence-electron chi connectivity index (χ4n) is 1.76. The zero-order chi connectivity index (χ0) is 23.5. The van der Waals surface area contributed by atoms with Gasteiger partial charge in [-0.3, -0.25) is 4.55 Å². The van der Waals surface area contributed by atoms with Crippen LogP contribution in [0.25, 0.3) is 0 Å². The average Bonchev–Trinajstić information content (AvgIpc) is 2.61. The highest BCUT2D eigenvalue weighted by molar-refractivity contribution is 7.88. The Hall–Kier alpha value is -1.54. The summed E-state index contributed by atoms with van der Waals surface area (Å²) in [5, 5.41) is -13.5. The third-order valence-electron chi connectivity index (χ3n) is 3.64. The smallest absolute Gasteiger partial charge is 0.378 e. The normalized spacial score (nSPS) is 14.6. The highest BCUT2D eigenvalue weighted by Gasteiger charge is 2.83. The largest absolute Gasteiger partial charge is 0.450 e. The molecule has 0 aliphatic carbocycles. The Kier molecular flexibility index (Phi) is 8.60. The zero-order valence-corrected chi connectivity index (χ0v) is 17.3. The Balaban J connectivity index is 0.00000379. The van der Waals surface area contributed by atoms with Gasteiger partial charge in [0.25, 0.3) is 0 Å². The van der Waals surface area contributed by atoms with E-state index in [0.717, 1.165) is 12.1 Å². The van der Waals surface area contributed by atoms with E-state index in [4.69, 9.17) is 4.55 Å². The summed E-state index contributed by atoms with van der Waals surface area (Å²) in [5.74, 6) is -7.95. The predicted octanol–water partition coefficient (Wildman–Crippen LogP) is 4.64. The van der Waals surface area contributed by atoms with Crippen molar-refractivity contribution in [2.24, 2.45) is 0 Å². The summed E-state index contributed by atoms with van der Waals surface area (Å²) in [7, 11) is -13.9. The molecule has 1 aromatic rings. The SMILES string of the molecule is CC.CCC(C)c1ccc(OS(=O)(=O)C(F)(F)C(F)(F)C(F)(F)S(=O)(=O)O)cc1. The molecule has 0 spiro atoms. The summed E-state index contributed by atoms with van der Waals surface area (Å²) in [4.78, 5) is 0. The molecule has 29 heavy (non-hydrogen) atoms. The molecular formula is C15H20F6O6S2. The van der Waals surface area contributed by atoms with Gasteiger partial charge in [0.15, 0.2) is 0 Å². The van der Waals surface area contributed by atoms with Crippen molar-refractivity contribution >= 4 is 20.2 Å². The van der Waals surface area contributed by atoms with Crippen molar-refractivity contribution < 1.29 is 51.9 Å². The molecular weight excluding hydrogens is 454 g/mol. The van der Waals surface area contributed by atoms with Crippen LogP contribution in [0.15, 0.2) is 24.3 Å². The standard InChI is InChI=1S/C13H14F6O6S2.C2H6/c1-3-8(2)9-4-6-10(7-5-9)25-27(23,24)13(18,19)11(14,15)12(16,17)26(20,21)22;1-2/h4-8H,3H2,1-2H3,(H,20,21,22);1-2H3. The molecule has 1 rings (SSSR count). The van der Waals surface area contributed by atoms with Crippen LogP contribution in [0.3, 0.4) is 0 Å². The minimum Gasteiger partial charge on any atom is -0.378 e. The van der Waals surface area contributed by atoms with Crippen molar-refractivity contribution in [3.8, 4) is 5.75 Å². The number of alkyl halides is 6. The molecule has 0 saturated carbocycles. The number of hydrogen-bond donors (Lipinski definition) is 1. The first-order valence-corrected chi connectivity index (χ1v) is 10.9. The molecule has 1 unspecified atom stereocenters. The van der Waals surface area contributed by atoms with E-state index >= 15 is 0 Å². The Bertz CT molecular complexity index is 882. The quantitative estimate of drug-likeness (QED) is 0.335. The highest BCUT2D eigenvalue weighted by Crippen LogP contribution is 2.50. The Labute approximate surface area is 164 Å². The first kappa shape index (κ1) is 27.5. The number of hydrogen-bond acceptors (Lipinski definition) is 5. The molecule has 14 heteroatoms. The molecule has 0 aliphatic rings. The Morgan fingerprint density at radius 3 is 1.69 bits per heavy atom. The summed E-state index contributed by atoms with van der Waals surface area (Å²) in [5.41, 5.74) is 0.622.